The van der Waals surface area contributed by atoms with E-state index < -0.39 is 27.1 Å². The summed E-state index contributed by atoms with van der Waals surface area (Å²) in [4.78, 5) is 12.4. The first-order valence-electron chi connectivity index (χ1n) is 6.57. The molecule has 2 rings (SSSR count). The lowest BCUT2D eigenvalue weighted by molar-refractivity contribution is -0.138. The number of hydrogen-bond donors (Lipinski definition) is 1. The Morgan fingerprint density at radius 2 is 1.81 bits per heavy atom. The van der Waals surface area contributed by atoms with Gasteiger partial charge in [0.15, 0.2) is 0 Å². The molecular formula is C15H19NO4S. The molecule has 0 spiro atoms. The van der Waals surface area contributed by atoms with Crippen LogP contribution < -0.4 is 0 Å². The number of amides is 1. The molecule has 1 saturated heterocycles. The Bertz CT molecular complexity index is 691. The van der Waals surface area contributed by atoms with E-state index in [1.807, 2.05) is 6.92 Å². The second kappa shape index (κ2) is 4.68. The van der Waals surface area contributed by atoms with Gasteiger partial charge in [-0.1, -0.05) is 23.8 Å². The number of carbonyl (C=O) groups is 1. The van der Waals surface area contributed by atoms with Gasteiger partial charge in [0.05, 0.1) is 10.4 Å². The number of rotatable bonds is 3. The van der Waals surface area contributed by atoms with Gasteiger partial charge < -0.3 is 5.11 Å². The van der Waals surface area contributed by atoms with Crippen molar-refractivity contribution in [2.45, 2.75) is 43.2 Å². The van der Waals surface area contributed by atoms with Crippen molar-refractivity contribution in [2.24, 2.45) is 0 Å². The first-order valence-corrected chi connectivity index (χ1v) is 8.01. The topological polar surface area (TPSA) is 74.7 Å². The fourth-order valence-corrected chi connectivity index (χ4v) is 4.44. The van der Waals surface area contributed by atoms with Crippen molar-refractivity contribution < 1.29 is 18.3 Å². The van der Waals surface area contributed by atoms with E-state index in [1.54, 1.807) is 19.1 Å². The summed E-state index contributed by atoms with van der Waals surface area (Å²) >= 11 is 0. The first-order chi connectivity index (χ1) is 9.54. The molecule has 1 heterocycles. The third-order valence-electron chi connectivity index (χ3n) is 3.81. The van der Waals surface area contributed by atoms with E-state index in [4.69, 9.17) is 0 Å². The number of carbonyl (C=O) groups excluding carboxylic acids is 1. The summed E-state index contributed by atoms with van der Waals surface area (Å²) in [6, 6.07) is 6.23. The highest BCUT2D eigenvalue weighted by Gasteiger charge is 2.57. The summed E-state index contributed by atoms with van der Waals surface area (Å²) in [6.45, 7) is 8.36. The smallest absolute Gasteiger partial charge is 0.268 e. The molecule has 21 heavy (non-hydrogen) atoms. The van der Waals surface area contributed by atoms with Gasteiger partial charge in [-0.2, -0.15) is 0 Å². The Morgan fingerprint density at radius 1 is 1.29 bits per heavy atom. The van der Waals surface area contributed by atoms with Crippen LogP contribution in [0, 0.1) is 6.92 Å². The van der Waals surface area contributed by atoms with Gasteiger partial charge in [-0.3, -0.25) is 4.79 Å². The zero-order valence-corrected chi connectivity index (χ0v) is 13.1. The molecule has 6 heteroatoms. The van der Waals surface area contributed by atoms with Crippen molar-refractivity contribution in [2.75, 3.05) is 0 Å². The van der Waals surface area contributed by atoms with Gasteiger partial charge in [0, 0.05) is 6.42 Å². The van der Waals surface area contributed by atoms with Crippen molar-refractivity contribution in [3.05, 3.63) is 42.5 Å². The van der Waals surface area contributed by atoms with E-state index in [0.29, 0.717) is 0 Å². The molecule has 114 valence electrons. The van der Waals surface area contributed by atoms with Crippen molar-refractivity contribution >= 4 is 15.9 Å². The molecule has 1 aliphatic heterocycles. The van der Waals surface area contributed by atoms with E-state index in [9.17, 15) is 18.3 Å². The Morgan fingerprint density at radius 3 is 2.29 bits per heavy atom. The van der Waals surface area contributed by atoms with Crippen LogP contribution in [0.3, 0.4) is 0 Å². The minimum atomic E-state index is -4.04. The van der Waals surface area contributed by atoms with Crippen LogP contribution in [-0.2, 0) is 14.8 Å². The van der Waals surface area contributed by atoms with Crippen molar-refractivity contribution in [3.8, 4) is 0 Å². The van der Waals surface area contributed by atoms with Gasteiger partial charge in [-0.25, -0.2) is 12.7 Å². The molecule has 1 aromatic carbocycles. The van der Waals surface area contributed by atoms with Gasteiger partial charge in [-0.15, -0.1) is 6.58 Å². The maximum Gasteiger partial charge on any atom is 0.268 e. The van der Waals surface area contributed by atoms with Gasteiger partial charge in [0.1, 0.15) is 5.60 Å². The molecule has 1 amide bonds. The Labute approximate surface area is 124 Å². The summed E-state index contributed by atoms with van der Waals surface area (Å²) in [5.74, 6) is -0.828. The molecule has 0 unspecified atom stereocenters. The Kier molecular flexibility index (Phi) is 3.50. The van der Waals surface area contributed by atoms with Gasteiger partial charge >= 0.3 is 0 Å². The molecule has 2 atom stereocenters. The molecule has 0 radical (unpaired) electrons. The Hall–Kier alpha value is -1.66. The second-order valence-corrected chi connectivity index (χ2v) is 7.69. The molecule has 1 aliphatic rings. The van der Waals surface area contributed by atoms with Crippen LogP contribution >= 0.6 is 0 Å². The molecule has 5 nitrogen and oxygen atoms in total. The monoisotopic (exact) mass is 309 g/mol. The average molecular weight is 309 g/mol. The molecule has 1 aromatic rings. The van der Waals surface area contributed by atoms with Crippen LogP contribution in [0.5, 0.6) is 0 Å². The predicted octanol–water partition coefficient (Wildman–Crippen LogP) is 1.61. The third kappa shape index (κ3) is 2.38. The van der Waals surface area contributed by atoms with E-state index in [-0.39, 0.29) is 11.3 Å². The molecular weight excluding hydrogens is 290 g/mol. The standard InChI is InChI=1S/C15H19NO4S/c1-5-14(3)10-15(4,18)13(17)16(14)21(19,20)12-8-6-11(2)7-9-12/h5-9,18H,1,10H2,2-4H3/t14-,15+/m0/s1. The normalized spacial score (nSPS) is 29.7. The number of aliphatic hydroxyl groups is 1. The van der Waals surface area contributed by atoms with Crippen molar-refractivity contribution in [3.63, 3.8) is 0 Å². The SMILES string of the molecule is C=C[C@@]1(C)C[C@@](C)(O)C(=O)N1S(=O)(=O)c1ccc(C)cc1. The quantitative estimate of drug-likeness (QED) is 0.861. The lowest BCUT2D eigenvalue weighted by atomic mass is 9.93. The van der Waals surface area contributed by atoms with Crippen LogP contribution in [0.4, 0.5) is 0 Å². The van der Waals surface area contributed by atoms with Gasteiger partial charge in [0.2, 0.25) is 0 Å². The predicted molar refractivity (Wildman–Crippen MR) is 79.1 cm³/mol. The second-order valence-electron chi connectivity index (χ2n) is 5.90. The number of hydrogen-bond acceptors (Lipinski definition) is 4. The zero-order valence-electron chi connectivity index (χ0n) is 12.3. The highest BCUT2D eigenvalue weighted by Crippen LogP contribution is 2.41. The zero-order chi connectivity index (χ0) is 16.1. The molecule has 0 aromatic heterocycles. The van der Waals surface area contributed by atoms with Crippen LogP contribution in [-0.4, -0.2) is 34.9 Å². The van der Waals surface area contributed by atoms with E-state index in [2.05, 4.69) is 6.58 Å². The van der Waals surface area contributed by atoms with E-state index in [0.717, 1.165) is 9.87 Å². The summed E-state index contributed by atoms with van der Waals surface area (Å²) < 4.78 is 26.3. The Balaban J connectivity index is 2.59. The van der Waals surface area contributed by atoms with Crippen molar-refractivity contribution in [1.29, 1.82) is 0 Å². The number of sulfonamides is 1. The molecule has 0 aliphatic carbocycles. The van der Waals surface area contributed by atoms with Crippen LogP contribution in [0.1, 0.15) is 25.8 Å². The maximum atomic E-state index is 12.8. The summed E-state index contributed by atoms with van der Waals surface area (Å²) in [6.07, 6.45) is 1.37. The highest BCUT2D eigenvalue weighted by molar-refractivity contribution is 7.89. The van der Waals surface area contributed by atoms with Crippen molar-refractivity contribution in [1.82, 2.24) is 4.31 Å². The summed E-state index contributed by atoms with van der Waals surface area (Å²) in [5.41, 5.74) is -1.95. The minimum absolute atomic E-state index is 0.0204. The fraction of sp³-hybridized carbons (Fsp3) is 0.400. The highest BCUT2D eigenvalue weighted by atomic mass is 32.2. The van der Waals surface area contributed by atoms with Gasteiger partial charge in [0.25, 0.3) is 15.9 Å². The van der Waals surface area contributed by atoms with Crippen LogP contribution in [0.2, 0.25) is 0 Å². The molecule has 1 fully saturated rings. The largest absolute Gasteiger partial charge is 0.380 e. The summed E-state index contributed by atoms with van der Waals surface area (Å²) in [5, 5.41) is 10.2. The van der Waals surface area contributed by atoms with Crippen LogP contribution in [0.15, 0.2) is 41.8 Å². The number of benzene rings is 1. The lowest BCUT2D eigenvalue weighted by Crippen LogP contribution is -2.47. The summed E-state index contributed by atoms with van der Waals surface area (Å²) in [7, 11) is -4.04. The molecule has 0 saturated carbocycles. The van der Waals surface area contributed by atoms with Crippen LogP contribution in [0.25, 0.3) is 0 Å². The first kappa shape index (κ1) is 15.7. The molecule has 1 N–H and O–H groups in total. The average Bonchev–Trinajstić information content (AvgIpc) is 2.57. The van der Waals surface area contributed by atoms with Gasteiger partial charge in [-0.05, 0) is 32.9 Å². The fourth-order valence-electron chi connectivity index (χ4n) is 2.65. The lowest BCUT2D eigenvalue weighted by Gasteiger charge is -2.30. The van der Waals surface area contributed by atoms with E-state index in [1.165, 1.54) is 25.1 Å². The minimum Gasteiger partial charge on any atom is -0.380 e. The number of aryl methyl sites for hydroxylation is 1. The third-order valence-corrected chi connectivity index (χ3v) is 5.74. The maximum absolute atomic E-state index is 12.8. The number of nitrogens with zero attached hydrogens (tertiary/aromatic N) is 1. The molecule has 0 bridgehead atoms. The van der Waals surface area contributed by atoms with E-state index >= 15 is 0 Å².